The van der Waals surface area contributed by atoms with Crippen LogP contribution in [0.3, 0.4) is 0 Å². The van der Waals surface area contributed by atoms with E-state index in [9.17, 15) is 13.2 Å². The average molecular weight is 277 g/mol. The quantitative estimate of drug-likeness (QED) is 0.308. The smallest absolute Gasteiger partial charge is 0.233 e. The molecule has 0 saturated carbocycles. The molecule has 1 aliphatic heterocycles. The van der Waals surface area contributed by atoms with E-state index in [4.69, 9.17) is 10.9 Å². The average Bonchev–Trinajstić information content (AvgIpc) is 2.34. The molecule has 1 heterocycles. The molecule has 1 fully saturated rings. The zero-order valence-electron chi connectivity index (χ0n) is 10.4. The summed E-state index contributed by atoms with van der Waals surface area (Å²) in [5.41, 5.74) is 5.50. The number of hydrogen-bond acceptors (Lipinski definition) is 5. The Morgan fingerprint density at radius 3 is 2.44 bits per heavy atom. The van der Waals surface area contributed by atoms with E-state index < -0.39 is 15.8 Å². The highest BCUT2D eigenvalue weighted by Gasteiger charge is 2.31. The minimum Gasteiger partial charge on any atom is -0.409 e. The largest absolute Gasteiger partial charge is 0.409 e. The number of amides is 1. The van der Waals surface area contributed by atoms with Crippen molar-refractivity contribution >= 4 is 21.6 Å². The van der Waals surface area contributed by atoms with E-state index in [1.807, 2.05) is 6.92 Å². The second kappa shape index (κ2) is 6.03. The number of sulfone groups is 1. The van der Waals surface area contributed by atoms with Crippen molar-refractivity contribution in [2.24, 2.45) is 16.8 Å². The lowest BCUT2D eigenvalue weighted by molar-refractivity contribution is -0.133. The Kier molecular flexibility index (Phi) is 4.94. The molecule has 0 aromatic heterocycles. The van der Waals surface area contributed by atoms with Gasteiger partial charge in [-0.1, -0.05) is 18.5 Å². The van der Waals surface area contributed by atoms with Crippen molar-refractivity contribution in [3.8, 4) is 0 Å². The molecule has 1 atom stereocenters. The van der Waals surface area contributed by atoms with Crippen LogP contribution in [0.1, 0.15) is 19.8 Å². The van der Waals surface area contributed by atoms with E-state index in [1.54, 1.807) is 0 Å². The topological polar surface area (TPSA) is 113 Å². The van der Waals surface area contributed by atoms with E-state index >= 15 is 0 Å². The van der Waals surface area contributed by atoms with Gasteiger partial charge in [-0.2, -0.15) is 0 Å². The highest BCUT2D eigenvalue weighted by Crippen LogP contribution is 2.14. The molecule has 8 heteroatoms. The molecule has 1 rings (SSSR count). The minimum atomic E-state index is -3.02. The highest BCUT2D eigenvalue weighted by atomic mass is 32.2. The third-order valence-electron chi connectivity index (χ3n) is 3.00. The Bertz CT molecular complexity index is 418. The zero-order valence-corrected chi connectivity index (χ0v) is 11.2. The van der Waals surface area contributed by atoms with Gasteiger partial charge in [-0.05, 0) is 6.42 Å². The van der Waals surface area contributed by atoms with Crippen LogP contribution in [-0.4, -0.2) is 54.9 Å². The number of carbonyl (C=O) groups is 1. The monoisotopic (exact) mass is 277 g/mol. The van der Waals surface area contributed by atoms with Gasteiger partial charge in [0, 0.05) is 13.1 Å². The van der Waals surface area contributed by atoms with Gasteiger partial charge in [-0.15, -0.1) is 0 Å². The van der Waals surface area contributed by atoms with Gasteiger partial charge in [-0.3, -0.25) is 4.79 Å². The molecule has 1 unspecified atom stereocenters. The molecule has 1 amide bonds. The number of hydrogen-bond donors (Lipinski definition) is 2. The Morgan fingerprint density at radius 2 is 2.00 bits per heavy atom. The van der Waals surface area contributed by atoms with Crippen molar-refractivity contribution in [1.82, 2.24) is 4.90 Å². The van der Waals surface area contributed by atoms with E-state index in [1.165, 1.54) is 4.90 Å². The first kappa shape index (κ1) is 14.7. The molecule has 104 valence electrons. The van der Waals surface area contributed by atoms with E-state index in [0.29, 0.717) is 6.42 Å². The van der Waals surface area contributed by atoms with Crippen LogP contribution in [-0.2, 0) is 14.6 Å². The van der Waals surface area contributed by atoms with Gasteiger partial charge in [0.15, 0.2) is 15.7 Å². The molecule has 0 radical (unpaired) electrons. The van der Waals surface area contributed by atoms with Crippen LogP contribution < -0.4 is 5.73 Å². The number of carbonyl (C=O) groups excluding carboxylic acids is 1. The van der Waals surface area contributed by atoms with Crippen LogP contribution in [0.25, 0.3) is 0 Å². The lowest BCUT2D eigenvalue weighted by atomic mass is 10.0. The van der Waals surface area contributed by atoms with E-state index in [2.05, 4.69) is 5.16 Å². The highest BCUT2D eigenvalue weighted by molar-refractivity contribution is 7.91. The van der Waals surface area contributed by atoms with Crippen molar-refractivity contribution in [3.63, 3.8) is 0 Å². The van der Waals surface area contributed by atoms with E-state index in [-0.39, 0.29) is 36.3 Å². The number of oxime groups is 1. The first-order valence-electron chi connectivity index (χ1n) is 5.88. The zero-order chi connectivity index (χ0) is 13.8. The molecule has 0 bridgehead atoms. The van der Waals surface area contributed by atoms with Crippen molar-refractivity contribution in [2.45, 2.75) is 19.8 Å². The summed E-state index contributed by atoms with van der Waals surface area (Å²) in [5, 5.41) is 11.5. The summed E-state index contributed by atoms with van der Waals surface area (Å²) in [7, 11) is -3.02. The minimum absolute atomic E-state index is 0.0201. The summed E-state index contributed by atoms with van der Waals surface area (Å²) in [6.45, 7) is 2.26. The van der Waals surface area contributed by atoms with Gasteiger partial charge in [0.2, 0.25) is 5.91 Å². The molecular weight excluding hydrogens is 258 g/mol. The molecule has 0 spiro atoms. The van der Waals surface area contributed by atoms with Crippen LogP contribution in [0.5, 0.6) is 0 Å². The first-order valence-corrected chi connectivity index (χ1v) is 7.70. The second-order valence-electron chi connectivity index (χ2n) is 4.34. The number of nitrogens with two attached hydrogens (primary N) is 1. The van der Waals surface area contributed by atoms with Crippen LogP contribution in [0.4, 0.5) is 0 Å². The molecule has 1 aliphatic rings. The predicted molar refractivity (Wildman–Crippen MR) is 67.0 cm³/mol. The lowest BCUT2D eigenvalue weighted by Gasteiger charge is -2.29. The molecule has 3 N–H and O–H groups in total. The van der Waals surface area contributed by atoms with Gasteiger partial charge in [0.25, 0.3) is 0 Å². The van der Waals surface area contributed by atoms with Crippen LogP contribution >= 0.6 is 0 Å². The first-order chi connectivity index (χ1) is 8.41. The van der Waals surface area contributed by atoms with Gasteiger partial charge in [-0.25, -0.2) is 8.42 Å². The normalized spacial score (nSPS) is 21.6. The fourth-order valence-electron chi connectivity index (χ4n) is 1.91. The van der Waals surface area contributed by atoms with Gasteiger partial charge in [0.1, 0.15) is 0 Å². The molecule has 1 saturated heterocycles. The fourth-order valence-corrected chi connectivity index (χ4v) is 3.11. The summed E-state index contributed by atoms with van der Waals surface area (Å²) in [6, 6.07) is 0. The SMILES string of the molecule is CCCC(C(=O)N1CCS(=O)(=O)CC1)C(N)=NO. The van der Waals surface area contributed by atoms with Gasteiger partial charge in [0.05, 0.1) is 17.4 Å². The van der Waals surface area contributed by atoms with Crippen LogP contribution in [0, 0.1) is 5.92 Å². The number of amidine groups is 1. The molecule has 7 nitrogen and oxygen atoms in total. The van der Waals surface area contributed by atoms with E-state index in [0.717, 1.165) is 6.42 Å². The van der Waals surface area contributed by atoms with Crippen molar-refractivity contribution in [2.75, 3.05) is 24.6 Å². The number of rotatable bonds is 4. The van der Waals surface area contributed by atoms with Crippen LogP contribution in [0.2, 0.25) is 0 Å². The van der Waals surface area contributed by atoms with Gasteiger partial charge >= 0.3 is 0 Å². The predicted octanol–water partition coefficient (Wildman–Crippen LogP) is -0.594. The molecule has 0 aromatic carbocycles. The maximum atomic E-state index is 12.2. The molecular formula is C10H19N3O4S. The maximum absolute atomic E-state index is 12.2. The van der Waals surface area contributed by atoms with Crippen molar-refractivity contribution in [3.05, 3.63) is 0 Å². The summed E-state index contributed by atoms with van der Waals surface area (Å²) in [6.07, 6.45) is 1.21. The standard InChI is InChI=1S/C10H19N3O4S/c1-2-3-8(9(11)12-15)10(14)13-4-6-18(16,17)7-5-13/h8,15H,2-7H2,1H3,(H2,11,12). The second-order valence-corrected chi connectivity index (χ2v) is 6.65. The Hall–Kier alpha value is -1.31. The van der Waals surface area contributed by atoms with Crippen LogP contribution in [0.15, 0.2) is 5.16 Å². The number of nitrogens with zero attached hydrogens (tertiary/aromatic N) is 2. The molecule has 0 aromatic rings. The molecule has 0 aliphatic carbocycles. The molecule has 18 heavy (non-hydrogen) atoms. The maximum Gasteiger partial charge on any atom is 0.233 e. The summed E-state index contributed by atoms with van der Waals surface area (Å²) < 4.78 is 22.6. The summed E-state index contributed by atoms with van der Waals surface area (Å²) >= 11 is 0. The van der Waals surface area contributed by atoms with Crippen molar-refractivity contribution < 1.29 is 18.4 Å². The fraction of sp³-hybridized carbons (Fsp3) is 0.800. The summed E-state index contributed by atoms with van der Waals surface area (Å²) in [5.74, 6) is -1.08. The summed E-state index contributed by atoms with van der Waals surface area (Å²) in [4.78, 5) is 13.6. The Labute approximate surface area is 107 Å². The third kappa shape index (κ3) is 3.59. The Balaban J connectivity index is 2.73. The third-order valence-corrected chi connectivity index (χ3v) is 4.61. The Morgan fingerprint density at radius 1 is 1.44 bits per heavy atom. The lowest BCUT2D eigenvalue weighted by Crippen LogP contribution is -2.48. The van der Waals surface area contributed by atoms with Gasteiger partial charge < -0.3 is 15.8 Å². The van der Waals surface area contributed by atoms with Crippen molar-refractivity contribution in [1.29, 1.82) is 0 Å².